The maximum atomic E-state index is 12.1. The molecule has 7 nitrogen and oxygen atoms in total. The zero-order valence-electron chi connectivity index (χ0n) is 12.9. The van der Waals surface area contributed by atoms with E-state index in [9.17, 15) is 19.7 Å². The van der Waals surface area contributed by atoms with Gasteiger partial charge in [-0.25, -0.2) is 0 Å². The number of aryl methyl sites for hydroxylation is 2. The predicted molar refractivity (Wildman–Crippen MR) is 91.5 cm³/mol. The van der Waals surface area contributed by atoms with Gasteiger partial charge in [-0.05, 0) is 37.1 Å². The number of nitrogens with zero attached hydrogens (tertiary/aromatic N) is 1. The van der Waals surface area contributed by atoms with Crippen LogP contribution in [0.15, 0.2) is 24.3 Å². The van der Waals surface area contributed by atoms with E-state index < -0.39 is 22.4 Å². The van der Waals surface area contributed by atoms with E-state index in [0.29, 0.717) is 4.88 Å². The van der Waals surface area contributed by atoms with Gasteiger partial charge in [0.2, 0.25) is 0 Å². The number of thiophene rings is 1. The summed E-state index contributed by atoms with van der Waals surface area (Å²) in [6, 6.07) is 5.35. The molecule has 126 valence electrons. The van der Waals surface area contributed by atoms with E-state index in [1.165, 1.54) is 23.5 Å². The van der Waals surface area contributed by atoms with Crippen LogP contribution in [0.2, 0.25) is 5.02 Å². The van der Waals surface area contributed by atoms with Gasteiger partial charge in [0.05, 0.1) is 9.80 Å². The van der Waals surface area contributed by atoms with Crippen LogP contribution in [0.5, 0.6) is 0 Å². The first-order valence-electron chi connectivity index (χ1n) is 6.97. The molecule has 0 unspecified atom stereocenters. The van der Waals surface area contributed by atoms with Crippen LogP contribution in [0.1, 0.15) is 37.4 Å². The van der Waals surface area contributed by atoms with Crippen molar-refractivity contribution in [2.45, 2.75) is 20.3 Å². The third kappa shape index (κ3) is 3.90. The minimum absolute atomic E-state index is 0.179. The Hall–Kier alpha value is -2.45. The lowest BCUT2D eigenvalue weighted by Gasteiger charge is -2.07. The summed E-state index contributed by atoms with van der Waals surface area (Å²) in [5.41, 5.74) is 4.80. The molecule has 1 aromatic carbocycles. The quantitative estimate of drug-likeness (QED) is 0.639. The Kier molecular flexibility index (Phi) is 5.53. The summed E-state index contributed by atoms with van der Waals surface area (Å²) in [7, 11) is 0. The summed E-state index contributed by atoms with van der Waals surface area (Å²) in [6.45, 7) is 3.89. The average Bonchev–Trinajstić information content (AvgIpc) is 2.92. The summed E-state index contributed by atoms with van der Waals surface area (Å²) in [5, 5.41) is 11.1. The van der Waals surface area contributed by atoms with E-state index >= 15 is 0 Å². The fourth-order valence-electron chi connectivity index (χ4n) is 2.07. The first kappa shape index (κ1) is 17.9. The highest BCUT2D eigenvalue weighted by molar-refractivity contribution is 7.14. The Bertz CT molecular complexity index is 819. The topological polar surface area (TPSA) is 101 Å². The summed E-state index contributed by atoms with van der Waals surface area (Å²) in [6.07, 6.45) is 0.810. The van der Waals surface area contributed by atoms with Gasteiger partial charge in [0.15, 0.2) is 0 Å². The number of hydrogen-bond acceptors (Lipinski definition) is 5. The molecule has 9 heteroatoms. The lowest BCUT2D eigenvalue weighted by atomic mass is 10.1. The van der Waals surface area contributed by atoms with Crippen LogP contribution in [0.3, 0.4) is 0 Å². The van der Waals surface area contributed by atoms with Crippen molar-refractivity contribution >= 4 is 40.4 Å². The van der Waals surface area contributed by atoms with Crippen LogP contribution in [-0.2, 0) is 6.42 Å². The number of rotatable bonds is 4. The van der Waals surface area contributed by atoms with Gasteiger partial charge in [-0.2, -0.15) is 0 Å². The van der Waals surface area contributed by atoms with E-state index in [0.717, 1.165) is 22.9 Å². The molecule has 0 saturated carbocycles. The molecule has 2 N–H and O–H groups in total. The number of carbonyl (C=O) groups excluding carboxylic acids is 2. The molecule has 0 saturated heterocycles. The van der Waals surface area contributed by atoms with E-state index in [1.54, 1.807) is 6.07 Å². The normalized spacial score (nSPS) is 10.3. The van der Waals surface area contributed by atoms with Gasteiger partial charge < -0.3 is 0 Å². The van der Waals surface area contributed by atoms with Crippen molar-refractivity contribution in [1.82, 2.24) is 10.9 Å². The fraction of sp³-hybridized carbons (Fsp3) is 0.200. The van der Waals surface area contributed by atoms with Crippen LogP contribution in [-0.4, -0.2) is 16.7 Å². The number of amides is 2. The Morgan fingerprint density at radius 3 is 2.50 bits per heavy atom. The molecule has 0 bridgehead atoms. The smallest absolute Gasteiger partial charge is 0.267 e. The van der Waals surface area contributed by atoms with Gasteiger partial charge in [0, 0.05) is 16.0 Å². The molecule has 2 amide bonds. The number of benzene rings is 1. The summed E-state index contributed by atoms with van der Waals surface area (Å²) >= 11 is 7.10. The second kappa shape index (κ2) is 7.41. The van der Waals surface area contributed by atoms with Gasteiger partial charge in [-0.3, -0.25) is 30.6 Å². The highest BCUT2D eigenvalue weighted by Gasteiger charge is 2.21. The second-order valence-corrected chi connectivity index (χ2v) is 6.47. The maximum absolute atomic E-state index is 12.1. The van der Waals surface area contributed by atoms with Crippen LogP contribution in [0, 0.1) is 17.0 Å². The first-order valence-corrected chi connectivity index (χ1v) is 8.16. The number of nitro benzene ring substituents is 1. The van der Waals surface area contributed by atoms with Crippen LogP contribution >= 0.6 is 22.9 Å². The molecule has 24 heavy (non-hydrogen) atoms. The van der Waals surface area contributed by atoms with Gasteiger partial charge in [0.25, 0.3) is 17.5 Å². The highest BCUT2D eigenvalue weighted by Crippen LogP contribution is 2.23. The lowest BCUT2D eigenvalue weighted by molar-refractivity contribution is -0.385. The standard InChI is InChI=1S/C15H14ClN3O4S/c1-3-12-8(2)6-13(24-12)15(21)18-17-14(20)10-7-9(16)4-5-11(10)19(22)23/h4-7H,3H2,1-2H3,(H,17,20)(H,18,21). The largest absolute Gasteiger partial charge is 0.282 e. The average molecular weight is 368 g/mol. The number of carbonyl (C=O) groups is 2. The van der Waals surface area contributed by atoms with Crippen molar-refractivity contribution in [1.29, 1.82) is 0 Å². The molecule has 0 radical (unpaired) electrons. The van der Waals surface area contributed by atoms with Gasteiger partial charge in [-0.1, -0.05) is 18.5 Å². The Morgan fingerprint density at radius 2 is 1.92 bits per heavy atom. The molecule has 1 aromatic heterocycles. The molecule has 2 rings (SSSR count). The third-order valence-corrected chi connectivity index (χ3v) is 4.87. The number of nitrogens with one attached hydrogen (secondary N) is 2. The van der Waals surface area contributed by atoms with E-state index in [4.69, 9.17) is 11.6 Å². The van der Waals surface area contributed by atoms with E-state index in [1.807, 2.05) is 13.8 Å². The molecular weight excluding hydrogens is 354 g/mol. The van der Waals surface area contributed by atoms with Crippen molar-refractivity contribution < 1.29 is 14.5 Å². The molecule has 0 fully saturated rings. The number of hydrogen-bond donors (Lipinski definition) is 2. The number of hydrazine groups is 1. The minimum Gasteiger partial charge on any atom is -0.267 e. The molecule has 0 aliphatic rings. The maximum Gasteiger partial charge on any atom is 0.282 e. The lowest BCUT2D eigenvalue weighted by Crippen LogP contribution is -2.41. The zero-order valence-corrected chi connectivity index (χ0v) is 14.5. The molecule has 0 aliphatic heterocycles. The van der Waals surface area contributed by atoms with E-state index in [2.05, 4.69) is 10.9 Å². The predicted octanol–water partition coefficient (Wildman–Crippen LogP) is 3.26. The van der Waals surface area contributed by atoms with Gasteiger partial charge in [0.1, 0.15) is 5.56 Å². The monoisotopic (exact) mass is 367 g/mol. The number of halogens is 1. The SMILES string of the molecule is CCc1sc(C(=O)NNC(=O)c2cc(Cl)ccc2[N+](=O)[O-])cc1C. The first-order chi connectivity index (χ1) is 11.3. The molecule has 2 aromatic rings. The molecule has 1 heterocycles. The van der Waals surface area contributed by atoms with Crippen molar-refractivity contribution in [2.75, 3.05) is 0 Å². The zero-order chi connectivity index (χ0) is 17.9. The molecule has 0 spiro atoms. The Morgan fingerprint density at radius 1 is 1.25 bits per heavy atom. The third-order valence-electron chi connectivity index (χ3n) is 3.25. The molecular formula is C15H14ClN3O4S. The summed E-state index contributed by atoms with van der Waals surface area (Å²) < 4.78 is 0. The minimum atomic E-state index is -0.818. The van der Waals surface area contributed by atoms with Crippen LogP contribution < -0.4 is 10.9 Å². The van der Waals surface area contributed by atoms with Crippen molar-refractivity contribution in [3.63, 3.8) is 0 Å². The van der Waals surface area contributed by atoms with Gasteiger partial charge in [-0.15, -0.1) is 11.3 Å². The highest BCUT2D eigenvalue weighted by atomic mass is 35.5. The van der Waals surface area contributed by atoms with E-state index in [-0.39, 0.29) is 10.6 Å². The summed E-state index contributed by atoms with van der Waals surface area (Å²) in [5.74, 6) is -1.30. The van der Waals surface area contributed by atoms with Crippen molar-refractivity contribution in [3.05, 3.63) is 60.3 Å². The van der Waals surface area contributed by atoms with Crippen molar-refractivity contribution in [3.8, 4) is 0 Å². The Labute approximate surface area is 146 Å². The van der Waals surface area contributed by atoms with Crippen molar-refractivity contribution in [2.24, 2.45) is 0 Å². The molecule has 0 aliphatic carbocycles. The Balaban J connectivity index is 2.11. The molecule has 0 atom stereocenters. The number of nitro groups is 1. The summed E-state index contributed by atoms with van der Waals surface area (Å²) in [4.78, 5) is 36.0. The fourth-order valence-corrected chi connectivity index (χ4v) is 3.26. The van der Waals surface area contributed by atoms with Crippen LogP contribution in [0.4, 0.5) is 5.69 Å². The second-order valence-electron chi connectivity index (χ2n) is 4.90. The van der Waals surface area contributed by atoms with Gasteiger partial charge >= 0.3 is 0 Å². The van der Waals surface area contributed by atoms with Crippen LogP contribution in [0.25, 0.3) is 0 Å².